The van der Waals surface area contributed by atoms with Crippen molar-refractivity contribution in [2.24, 2.45) is 0 Å². The summed E-state index contributed by atoms with van der Waals surface area (Å²) in [4.78, 5) is 23.2. The Labute approximate surface area is 157 Å². The van der Waals surface area contributed by atoms with Crippen molar-refractivity contribution < 1.29 is 36.6 Å². The summed E-state index contributed by atoms with van der Waals surface area (Å²) < 4.78 is 57.5. The van der Waals surface area contributed by atoms with Gasteiger partial charge in [0.1, 0.15) is 11.6 Å². The zero-order valence-electron chi connectivity index (χ0n) is 14.3. The first-order valence-corrected chi connectivity index (χ1v) is 7.93. The van der Waals surface area contributed by atoms with Crippen LogP contribution in [0.25, 0.3) is 6.08 Å². The van der Waals surface area contributed by atoms with Gasteiger partial charge in [0.15, 0.2) is 6.61 Å². The van der Waals surface area contributed by atoms with Gasteiger partial charge in [0, 0.05) is 12.6 Å². The highest BCUT2D eigenvalue weighted by atomic mass is 19.4. The van der Waals surface area contributed by atoms with E-state index >= 15 is 0 Å². The van der Waals surface area contributed by atoms with Crippen molar-refractivity contribution in [2.75, 3.05) is 6.61 Å². The number of carbonyl (C=O) groups excluding carboxylic acids is 2. The zero-order chi connectivity index (χ0) is 20.6. The molecular weight excluding hydrogens is 382 g/mol. The molecule has 0 aliphatic heterocycles. The van der Waals surface area contributed by atoms with Crippen LogP contribution in [0.15, 0.2) is 54.6 Å². The van der Waals surface area contributed by atoms with Crippen LogP contribution in [0.3, 0.4) is 0 Å². The summed E-state index contributed by atoms with van der Waals surface area (Å²) in [5.41, 5.74) is 1.12. The molecule has 1 amide bonds. The molecule has 0 heterocycles. The molecule has 0 saturated carbocycles. The molecular formula is C19H15F4NO4. The van der Waals surface area contributed by atoms with Gasteiger partial charge >= 0.3 is 12.3 Å². The fourth-order valence-electron chi connectivity index (χ4n) is 1.98. The van der Waals surface area contributed by atoms with E-state index in [-0.39, 0.29) is 12.3 Å². The lowest BCUT2D eigenvalue weighted by molar-refractivity contribution is -0.274. The monoisotopic (exact) mass is 397 g/mol. The van der Waals surface area contributed by atoms with E-state index in [1.54, 1.807) is 0 Å². The second-order valence-electron chi connectivity index (χ2n) is 5.46. The van der Waals surface area contributed by atoms with Gasteiger partial charge in [-0.2, -0.15) is 0 Å². The molecule has 0 spiro atoms. The van der Waals surface area contributed by atoms with E-state index in [1.807, 2.05) is 0 Å². The number of rotatable bonds is 7. The van der Waals surface area contributed by atoms with Gasteiger partial charge in [0.05, 0.1) is 0 Å². The number of halogens is 4. The Morgan fingerprint density at radius 2 is 1.64 bits per heavy atom. The summed E-state index contributed by atoms with van der Waals surface area (Å²) in [6.45, 7) is -0.360. The SMILES string of the molecule is O=C(COC(=O)/C=C/c1ccc(OC(F)(F)F)cc1)NCc1ccc(F)cc1. The standard InChI is InChI=1S/C19H15F4NO4/c20-15-6-1-14(2-7-15)11-24-17(25)12-27-18(26)10-5-13-3-8-16(9-4-13)28-19(21,22)23/h1-10H,11-12H2,(H,24,25)/b10-5+. The van der Waals surface area contributed by atoms with Crippen LogP contribution in [0.1, 0.15) is 11.1 Å². The Balaban J connectivity index is 1.73. The second-order valence-corrected chi connectivity index (χ2v) is 5.46. The largest absolute Gasteiger partial charge is 0.573 e. The van der Waals surface area contributed by atoms with Crippen LogP contribution < -0.4 is 10.1 Å². The normalized spacial score (nSPS) is 11.3. The maximum atomic E-state index is 12.8. The van der Waals surface area contributed by atoms with Gasteiger partial charge in [0.25, 0.3) is 5.91 Å². The Kier molecular flexibility index (Phi) is 7.14. The molecule has 2 aromatic rings. The van der Waals surface area contributed by atoms with E-state index in [0.29, 0.717) is 11.1 Å². The predicted octanol–water partition coefficient (Wildman–Crippen LogP) is 3.60. The number of esters is 1. The number of hydrogen-bond acceptors (Lipinski definition) is 4. The minimum absolute atomic E-state index is 0.152. The average Bonchev–Trinajstić information content (AvgIpc) is 2.64. The topological polar surface area (TPSA) is 64.6 Å². The second kappa shape index (κ2) is 9.54. The summed E-state index contributed by atoms with van der Waals surface area (Å²) in [5, 5.41) is 2.50. The molecule has 0 atom stereocenters. The van der Waals surface area contributed by atoms with E-state index < -0.39 is 30.7 Å². The van der Waals surface area contributed by atoms with Crippen molar-refractivity contribution in [3.63, 3.8) is 0 Å². The molecule has 28 heavy (non-hydrogen) atoms. The quantitative estimate of drug-likeness (QED) is 0.441. The van der Waals surface area contributed by atoms with Crippen LogP contribution in [-0.4, -0.2) is 24.8 Å². The van der Waals surface area contributed by atoms with Crippen molar-refractivity contribution >= 4 is 18.0 Å². The smallest absolute Gasteiger partial charge is 0.452 e. The van der Waals surface area contributed by atoms with Crippen LogP contribution in [0.2, 0.25) is 0 Å². The van der Waals surface area contributed by atoms with E-state index in [1.165, 1.54) is 42.5 Å². The van der Waals surface area contributed by atoms with Gasteiger partial charge in [0.2, 0.25) is 0 Å². The van der Waals surface area contributed by atoms with Crippen LogP contribution in [-0.2, 0) is 20.9 Å². The van der Waals surface area contributed by atoms with Gasteiger partial charge in [-0.3, -0.25) is 4.79 Å². The molecule has 5 nitrogen and oxygen atoms in total. The van der Waals surface area contributed by atoms with Crippen molar-refractivity contribution in [3.8, 4) is 5.75 Å². The van der Waals surface area contributed by atoms with Crippen LogP contribution in [0.5, 0.6) is 5.75 Å². The molecule has 0 aromatic heterocycles. The van der Waals surface area contributed by atoms with Crippen LogP contribution in [0, 0.1) is 5.82 Å². The minimum Gasteiger partial charge on any atom is -0.452 e. The highest BCUT2D eigenvalue weighted by Gasteiger charge is 2.30. The number of ether oxygens (including phenoxy) is 2. The van der Waals surface area contributed by atoms with Gasteiger partial charge in [-0.15, -0.1) is 13.2 Å². The molecule has 0 fully saturated rings. The third kappa shape index (κ3) is 7.90. The summed E-state index contributed by atoms with van der Waals surface area (Å²) in [7, 11) is 0. The Bertz CT molecular complexity index is 831. The van der Waals surface area contributed by atoms with Gasteiger partial charge in [-0.25, -0.2) is 9.18 Å². The number of carbonyl (C=O) groups is 2. The maximum Gasteiger partial charge on any atom is 0.573 e. The van der Waals surface area contributed by atoms with Crippen LogP contribution in [0.4, 0.5) is 17.6 Å². The summed E-state index contributed by atoms with van der Waals surface area (Å²) in [6.07, 6.45) is -2.43. The average molecular weight is 397 g/mol. The first-order chi connectivity index (χ1) is 13.2. The predicted molar refractivity (Wildman–Crippen MR) is 91.4 cm³/mol. The number of benzene rings is 2. The molecule has 9 heteroatoms. The van der Waals surface area contributed by atoms with E-state index in [4.69, 9.17) is 4.74 Å². The number of alkyl halides is 3. The zero-order valence-corrected chi connectivity index (χ0v) is 14.3. The first-order valence-electron chi connectivity index (χ1n) is 7.93. The molecule has 0 aliphatic carbocycles. The molecule has 0 bridgehead atoms. The highest BCUT2D eigenvalue weighted by molar-refractivity contribution is 5.89. The fraction of sp³-hybridized carbons (Fsp3) is 0.158. The van der Waals surface area contributed by atoms with Crippen molar-refractivity contribution in [2.45, 2.75) is 12.9 Å². The third-order valence-corrected chi connectivity index (χ3v) is 3.27. The lowest BCUT2D eigenvalue weighted by Gasteiger charge is -2.08. The Morgan fingerprint density at radius 1 is 1.00 bits per heavy atom. The van der Waals surface area contributed by atoms with Gasteiger partial charge in [-0.05, 0) is 41.5 Å². The van der Waals surface area contributed by atoms with E-state index in [2.05, 4.69) is 10.1 Å². The molecule has 0 aliphatic rings. The Hall–Kier alpha value is -3.36. The number of hydrogen-bond donors (Lipinski definition) is 1. The summed E-state index contributed by atoms with van der Waals surface area (Å²) in [5.74, 6) is -2.12. The lowest BCUT2D eigenvalue weighted by atomic mass is 10.2. The van der Waals surface area contributed by atoms with Crippen molar-refractivity contribution in [1.29, 1.82) is 0 Å². The maximum absolute atomic E-state index is 12.8. The van der Waals surface area contributed by atoms with Crippen LogP contribution >= 0.6 is 0 Å². The fourth-order valence-corrected chi connectivity index (χ4v) is 1.98. The lowest BCUT2D eigenvalue weighted by Crippen LogP contribution is -2.28. The summed E-state index contributed by atoms with van der Waals surface area (Å²) >= 11 is 0. The first kappa shape index (κ1) is 20.9. The van der Waals surface area contributed by atoms with E-state index in [0.717, 1.165) is 18.2 Å². The molecule has 148 valence electrons. The van der Waals surface area contributed by atoms with Gasteiger partial charge in [-0.1, -0.05) is 24.3 Å². The summed E-state index contributed by atoms with van der Waals surface area (Å²) in [6, 6.07) is 10.4. The third-order valence-electron chi connectivity index (χ3n) is 3.27. The van der Waals surface area contributed by atoms with Crippen molar-refractivity contribution in [1.82, 2.24) is 5.32 Å². The van der Waals surface area contributed by atoms with Crippen molar-refractivity contribution in [3.05, 3.63) is 71.6 Å². The van der Waals surface area contributed by atoms with Gasteiger partial charge < -0.3 is 14.8 Å². The molecule has 0 radical (unpaired) electrons. The molecule has 0 unspecified atom stereocenters. The molecule has 1 N–H and O–H groups in total. The molecule has 2 aromatic carbocycles. The Morgan fingerprint density at radius 3 is 2.25 bits per heavy atom. The minimum atomic E-state index is -4.78. The van der Waals surface area contributed by atoms with E-state index in [9.17, 15) is 27.2 Å². The number of nitrogens with one attached hydrogen (secondary N) is 1. The molecule has 0 saturated heterocycles. The highest BCUT2D eigenvalue weighted by Crippen LogP contribution is 2.22. The molecule has 2 rings (SSSR count). The number of amides is 1.